The van der Waals surface area contributed by atoms with E-state index in [-0.39, 0.29) is 17.8 Å². The van der Waals surface area contributed by atoms with Crippen LogP contribution in [0.3, 0.4) is 0 Å². The van der Waals surface area contributed by atoms with E-state index in [1.165, 1.54) is 6.07 Å². The molecule has 20 heavy (non-hydrogen) atoms. The molecule has 0 bridgehead atoms. The number of rotatable bonds is 3. The number of nitrogens with one attached hydrogen (secondary N) is 1. The molecule has 1 amide bonds. The normalized spacial score (nSPS) is 10.3. The molecule has 104 valence electrons. The molecule has 0 fully saturated rings. The van der Waals surface area contributed by atoms with Crippen LogP contribution in [0, 0.1) is 18.6 Å². The standard InChI is InChI=1S/C15H14F2N2O/c1-9-4-2-3-5-10(9)8-13(20)19-15-12(18)7-6-11(16)14(15)17/h2-7H,8,18H2,1H3,(H,19,20). The second-order valence-electron chi connectivity index (χ2n) is 4.48. The van der Waals surface area contributed by atoms with Crippen LogP contribution in [0.25, 0.3) is 0 Å². The molecule has 0 aliphatic heterocycles. The molecule has 0 heterocycles. The van der Waals surface area contributed by atoms with Crippen molar-refractivity contribution in [3.05, 3.63) is 59.2 Å². The average Bonchev–Trinajstić information content (AvgIpc) is 2.42. The first kappa shape index (κ1) is 14.0. The molecule has 0 saturated heterocycles. The zero-order valence-corrected chi connectivity index (χ0v) is 10.9. The maximum atomic E-state index is 13.6. The van der Waals surface area contributed by atoms with Crippen molar-refractivity contribution in [2.45, 2.75) is 13.3 Å². The third-order valence-corrected chi connectivity index (χ3v) is 3.00. The van der Waals surface area contributed by atoms with Gasteiger partial charge in [-0.2, -0.15) is 0 Å². The number of halogens is 2. The summed E-state index contributed by atoms with van der Waals surface area (Å²) in [7, 11) is 0. The molecule has 2 aromatic carbocycles. The third-order valence-electron chi connectivity index (χ3n) is 3.00. The Morgan fingerprint density at radius 1 is 1.20 bits per heavy atom. The summed E-state index contributed by atoms with van der Waals surface area (Å²) in [4.78, 5) is 11.9. The highest BCUT2D eigenvalue weighted by molar-refractivity contribution is 5.95. The van der Waals surface area contributed by atoms with E-state index in [1.807, 2.05) is 25.1 Å². The summed E-state index contributed by atoms with van der Waals surface area (Å²) in [6, 6.07) is 9.48. The molecular weight excluding hydrogens is 262 g/mol. The maximum Gasteiger partial charge on any atom is 0.228 e. The molecule has 0 saturated carbocycles. The minimum Gasteiger partial charge on any atom is -0.397 e. The van der Waals surface area contributed by atoms with E-state index in [9.17, 15) is 13.6 Å². The van der Waals surface area contributed by atoms with Crippen LogP contribution in [-0.4, -0.2) is 5.91 Å². The van der Waals surface area contributed by atoms with Crippen LogP contribution >= 0.6 is 0 Å². The summed E-state index contributed by atoms with van der Waals surface area (Å²) < 4.78 is 26.7. The number of nitrogen functional groups attached to an aromatic ring is 1. The number of nitrogens with two attached hydrogens (primary N) is 1. The smallest absolute Gasteiger partial charge is 0.228 e. The van der Waals surface area contributed by atoms with Crippen molar-refractivity contribution in [1.29, 1.82) is 0 Å². The molecule has 0 spiro atoms. The van der Waals surface area contributed by atoms with E-state index in [2.05, 4.69) is 5.32 Å². The Morgan fingerprint density at radius 2 is 1.90 bits per heavy atom. The first-order valence-corrected chi connectivity index (χ1v) is 6.07. The second kappa shape index (κ2) is 5.69. The number of carbonyl (C=O) groups is 1. The molecule has 0 aromatic heterocycles. The van der Waals surface area contributed by atoms with Crippen molar-refractivity contribution < 1.29 is 13.6 Å². The van der Waals surface area contributed by atoms with E-state index in [4.69, 9.17) is 5.73 Å². The van der Waals surface area contributed by atoms with Gasteiger partial charge in [0, 0.05) is 0 Å². The van der Waals surface area contributed by atoms with Crippen LogP contribution in [0.15, 0.2) is 36.4 Å². The molecule has 0 aliphatic rings. The molecular formula is C15H14F2N2O. The Kier molecular flexibility index (Phi) is 3.98. The number of hydrogen-bond acceptors (Lipinski definition) is 2. The minimum atomic E-state index is -1.15. The monoisotopic (exact) mass is 276 g/mol. The van der Waals surface area contributed by atoms with E-state index in [1.54, 1.807) is 6.07 Å². The van der Waals surface area contributed by atoms with E-state index in [0.717, 1.165) is 17.2 Å². The second-order valence-corrected chi connectivity index (χ2v) is 4.48. The van der Waals surface area contributed by atoms with Crippen LogP contribution < -0.4 is 11.1 Å². The fourth-order valence-electron chi connectivity index (χ4n) is 1.86. The summed E-state index contributed by atoms with van der Waals surface area (Å²) >= 11 is 0. The summed E-state index contributed by atoms with van der Waals surface area (Å²) in [6.07, 6.45) is 0.0715. The minimum absolute atomic E-state index is 0.0120. The number of amides is 1. The summed E-state index contributed by atoms with van der Waals surface area (Å²) in [6.45, 7) is 1.87. The molecule has 0 atom stereocenters. The lowest BCUT2D eigenvalue weighted by Gasteiger charge is -2.10. The Balaban J connectivity index is 2.17. The van der Waals surface area contributed by atoms with Crippen LogP contribution in [0.4, 0.5) is 20.2 Å². The Bertz CT molecular complexity index is 656. The van der Waals surface area contributed by atoms with Crippen molar-refractivity contribution in [2.75, 3.05) is 11.1 Å². The van der Waals surface area contributed by atoms with Gasteiger partial charge in [-0.1, -0.05) is 24.3 Å². The first-order chi connectivity index (χ1) is 9.49. The lowest BCUT2D eigenvalue weighted by molar-refractivity contribution is -0.115. The van der Waals surface area contributed by atoms with Gasteiger partial charge in [-0.25, -0.2) is 8.78 Å². The number of anilines is 2. The van der Waals surface area contributed by atoms with E-state index < -0.39 is 17.5 Å². The molecule has 0 unspecified atom stereocenters. The predicted octanol–water partition coefficient (Wildman–Crippen LogP) is 3.04. The summed E-state index contributed by atoms with van der Waals surface area (Å²) in [5.74, 6) is -2.65. The van der Waals surface area contributed by atoms with Gasteiger partial charge in [0.1, 0.15) is 5.69 Å². The zero-order valence-electron chi connectivity index (χ0n) is 10.9. The SMILES string of the molecule is Cc1ccccc1CC(=O)Nc1c(N)ccc(F)c1F. The van der Waals surface area contributed by atoms with Gasteiger partial charge in [0.05, 0.1) is 12.1 Å². The van der Waals surface area contributed by atoms with Gasteiger partial charge in [-0.3, -0.25) is 4.79 Å². The van der Waals surface area contributed by atoms with Gasteiger partial charge >= 0.3 is 0 Å². The Morgan fingerprint density at radius 3 is 2.60 bits per heavy atom. The predicted molar refractivity (Wildman–Crippen MR) is 74.3 cm³/mol. The summed E-state index contributed by atoms with van der Waals surface area (Å²) in [5.41, 5.74) is 6.99. The van der Waals surface area contributed by atoms with Gasteiger partial charge in [-0.05, 0) is 30.2 Å². The third kappa shape index (κ3) is 2.93. The Labute approximate surface area is 115 Å². The largest absolute Gasteiger partial charge is 0.397 e. The molecule has 3 nitrogen and oxygen atoms in total. The number of benzene rings is 2. The van der Waals surface area contributed by atoms with Gasteiger partial charge in [-0.15, -0.1) is 0 Å². The lowest BCUT2D eigenvalue weighted by Crippen LogP contribution is -2.17. The topological polar surface area (TPSA) is 55.1 Å². The molecule has 3 N–H and O–H groups in total. The van der Waals surface area contributed by atoms with Crippen LogP contribution in [0.1, 0.15) is 11.1 Å². The molecule has 0 radical (unpaired) electrons. The van der Waals surface area contributed by atoms with Gasteiger partial charge < -0.3 is 11.1 Å². The van der Waals surface area contributed by atoms with Crippen LogP contribution in [-0.2, 0) is 11.2 Å². The first-order valence-electron chi connectivity index (χ1n) is 6.07. The van der Waals surface area contributed by atoms with Gasteiger partial charge in [0.25, 0.3) is 0 Å². The van der Waals surface area contributed by atoms with Crippen molar-refractivity contribution in [3.63, 3.8) is 0 Å². The highest BCUT2D eigenvalue weighted by atomic mass is 19.2. The number of carbonyl (C=O) groups excluding carboxylic acids is 1. The fourth-order valence-corrected chi connectivity index (χ4v) is 1.86. The van der Waals surface area contributed by atoms with Gasteiger partial charge in [0.2, 0.25) is 5.91 Å². The van der Waals surface area contributed by atoms with Crippen molar-refractivity contribution >= 4 is 17.3 Å². The van der Waals surface area contributed by atoms with E-state index in [0.29, 0.717) is 0 Å². The average molecular weight is 276 g/mol. The fraction of sp³-hybridized carbons (Fsp3) is 0.133. The lowest BCUT2D eigenvalue weighted by atomic mass is 10.1. The van der Waals surface area contributed by atoms with Crippen molar-refractivity contribution in [3.8, 4) is 0 Å². The van der Waals surface area contributed by atoms with Crippen molar-refractivity contribution in [1.82, 2.24) is 0 Å². The van der Waals surface area contributed by atoms with E-state index >= 15 is 0 Å². The Hall–Kier alpha value is -2.43. The molecule has 2 aromatic rings. The maximum absolute atomic E-state index is 13.6. The van der Waals surface area contributed by atoms with Crippen LogP contribution in [0.2, 0.25) is 0 Å². The number of aryl methyl sites for hydroxylation is 1. The van der Waals surface area contributed by atoms with Crippen LogP contribution in [0.5, 0.6) is 0 Å². The highest BCUT2D eigenvalue weighted by Gasteiger charge is 2.15. The van der Waals surface area contributed by atoms with Gasteiger partial charge in [0.15, 0.2) is 11.6 Å². The molecule has 0 aliphatic carbocycles. The molecule has 5 heteroatoms. The van der Waals surface area contributed by atoms with Crippen molar-refractivity contribution in [2.24, 2.45) is 0 Å². The zero-order chi connectivity index (χ0) is 14.7. The highest BCUT2D eigenvalue weighted by Crippen LogP contribution is 2.24. The number of hydrogen-bond donors (Lipinski definition) is 2. The quantitative estimate of drug-likeness (QED) is 0.847. The molecule has 2 rings (SSSR count). The summed E-state index contributed by atoms with van der Waals surface area (Å²) in [5, 5.41) is 2.32.